The third-order valence-electron chi connectivity index (χ3n) is 9.33. The van der Waals surface area contributed by atoms with Crippen LogP contribution in [0.3, 0.4) is 0 Å². The summed E-state index contributed by atoms with van der Waals surface area (Å²) in [7, 11) is 5.31. The molecule has 50 heavy (non-hydrogen) atoms. The van der Waals surface area contributed by atoms with Gasteiger partial charge in [-0.1, -0.05) is 46.7 Å². The first-order chi connectivity index (χ1) is 24.7. The molecule has 0 spiro atoms. The van der Waals surface area contributed by atoms with Gasteiger partial charge in [0, 0.05) is 70.9 Å². The summed E-state index contributed by atoms with van der Waals surface area (Å²) in [6.07, 6.45) is 9.23. The van der Waals surface area contributed by atoms with E-state index in [1.54, 1.807) is 14.2 Å². The molecule has 4 heterocycles. The summed E-state index contributed by atoms with van der Waals surface area (Å²) in [6, 6.07) is 20.5. The van der Waals surface area contributed by atoms with Crippen LogP contribution in [0.2, 0.25) is 0 Å². The molecule has 11 heteroatoms. The van der Waals surface area contributed by atoms with Crippen molar-refractivity contribution in [3.63, 3.8) is 0 Å². The second-order valence-electron chi connectivity index (χ2n) is 12.4. The van der Waals surface area contributed by atoms with Crippen molar-refractivity contribution < 1.29 is 9.68 Å². The number of oxime groups is 2. The zero-order chi connectivity index (χ0) is 34.0. The van der Waals surface area contributed by atoms with E-state index in [1.807, 2.05) is 61.2 Å². The standard InChI is InChI=1S/C39H37N9O2/c1-48(20-8-16-42-38-34-32(26-10-4-6-12-30(26)44-38)24-14-18-40-22-28(24)36(34)46-49-2)21-9-17-43-39-35-33(27-11-5-7-13-31(27)45-39)25-15-19-41-23-29(25)37(35)47-50-3/h4-7,10-15,18-19,22-23H,8-9,16-17,20-21H2,1-3H3,(H,42,44)(H,43,45). The van der Waals surface area contributed by atoms with Crippen LogP contribution in [0.15, 0.2) is 95.8 Å². The van der Waals surface area contributed by atoms with Crippen molar-refractivity contribution in [2.45, 2.75) is 12.8 Å². The highest BCUT2D eigenvalue weighted by Crippen LogP contribution is 2.45. The molecule has 2 aliphatic rings. The van der Waals surface area contributed by atoms with Crippen LogP contribution < -0.4 is 10.6 Å². The SMILES string of the molecule is CON=C1c2cnccc2-c2c1c(NCCCN(C)CCCNc1nc3ccccc3c3c1C(=NOC)c1cnccc1-3)nc1ccccc21. The molecule has 0 fully saturated rings. The molecule has 0 aliphatic heterocycles. The van der Waals surface area contributed by atoms with E-state index in [9.17, 15) is 0 Å². The minimum absolute atomic E-state index is 0.753. The first kappa shape index (κ1) is 31.3. The topological polar surface area (TPSA) is 122 Å². The summed E-state index contributed by atoms with van der Waals surface area (Å²) in [6.45, 7) is 3.39. The quantitative estimate of drug-likeness (QED) is 0.110. The monoisotopic (exact) mass is 663 g/mol. The number of hydrogen-bond acceptors (Lipinski definition) is 11. The van der Waals surface area contributed by atoms with Gasteiger partial charge in [0.2, 0.25) is 0 Å². The zero-order valence-electron chi connectivity index (χ0n) is 28.3. The number of nitrogens with one attached hydrogen (secondary N) is 2. The molecule has 8 rings (SSSR count). The molecule has 6 aromatic rings. The molecule has 11 nitrogen and oxygen atoms in total. The third-order valence-corrected chi connectivity index (χ3v) is 9.33. The zero-order valence-corrected chi connectivity index (χ0v) is 28.3. The van der Waals surface area contributed by atoms with Gasteiger partial charge in [-0.25, -0.2) is 9.97 Å². The molecule has 2 N–H and O–H groups in total. The number of hydrogen-bond donors (Lipinski definition) is 2. The summed E-state index contributed by atoms with van der Waals surface area (Å²) >= 11 is 0. The summed E-state index contributed by atoms with van der Waals surface area (Å²) < 4.78 is 0. The molecule has 0 saturated carbocycles. The van der Waals surface area contributed by atoms with Crippen molar-refractivity contribution in [2.75, 3.05) is 58.1 Å². The summed E-state index contributed by atoms with van der Waals surface area (Å²) in [5.41, 5.74) is 11.6. The second kappa shape index (κ2) is 13.5. The smallest absolute Gasteiger partial charge is 0.136 e. The molecule has 2 aromatic carbocycles. The number of pyridine rings is 4. The summed E-state index contributed by atoms with van der Waals surface area (Å²) in [5, 5.41) is 18.2. The Morgan fingerprint density at radius 2 is 1.06 bits per heavy atom. The Morgan fingerprint density at radius 3 is 1.52 bits per heavy atom. The highest BCUT2D eigenvalue weighted by atomic mass is 16.6. The Balaban J connectivity index is 0.922. The Hall–Kier alpha value is -5.94. The van der Waals surface area contributed by atoms with Crippen LogP contribution in [-0.2, 0) is 9.68 Å². The van der Waals surface area contributed by atoms with Crippen LogP contribution in [0.1, 0.15) is 35.1 Å². The molecule has 4 aromatic heterocycles. The first-order valence-electron chi connectivity index (χ1n) is 16.8. The molecule has 2 aliphatic carbocycles. The van der Waals surface area contributed by atoms with E-state index in [0.29, 0.717) is 0 Å². The van der Waals surface area contributed by atoms with Gasteiger partial charge in [0.05, 0.1) is 22.2 Å². The number of benzene rings is 2. The molecule has 0 radical (unpaired) electrons. The number of anilines is 2. The van der Waals surface area contributed by atoms with Crippen LogP contribution in [0.25, 0.3) is 44.1 Å². The normalized spacial score (nSPS) is 14.2. The van der Waals surface area contributed by atoms with E-state index < -0.39 is 0 Å². The van der Waals surface area contributed by atoms with Crippen LogP contribution in [0.5, 0.6) is 0 Å². The third kappa shape index (κ3) is 5.45. The maximum absolute atomic E-state index is 5.29. The lowest BCUT2D eigenvalue weighted by Crippen LogP contribution is -2.25. The Labute approximate surface area is 290 Å². The van der Waals surface area contributed by atoms with Gasteiger partial charge in [-0.15, -0.1) is 0 Å². The fourth-order valence-corrected chi connectivity index (χ4v) is 7.17. The second-order valence-corrected chi connectivity index (χ2v) is 12.4. The van der Waals surface area contributed by atoms with E-state index in [-0.39, 0.29) is 0 Å². The van der Waals surface area contributed by atoms with Gasteiger partial charge in [0.15, 0.2) is 0 Å². The fourth-order valence-electron chi connectivity index (χ4n) is 7.17. The van der Waals surface area contributed by atoms with Gasteiger partial charge in [-0.05, 0) is 68.4 Å². The van der Waals surface area contributed by atoms with Crippen LogP contribution in [-0.4, -0.2) is 83.7 Å². The largest absolute Gasteiger partial charge is 0.399 e. The number of fused-ring (bicyclic) bond motifs is 10. The molecule has 0 atom stereocenters. The lowest BCUT2D eigenvalue weighted by molar-refractivity contribution is 0.214. The molecule has 250 valence electrons. The number of para-hydroxylation sites is 2. The molecule has 0 unspecified atom stereocenters. The average Bonchev–Trinajstić information content (AvgIpc) is 3.66. The predicted octanol–water partition coefficient (Wildman–Crippen LogP) is 6.57. The van der Waals surface area contributed by atoms with E-state index in [4.69, 9.17) is 19.6 Å². The van der Waals surface area contributed by atoms with Crippen molar-refractivity contribution in [2.24, 2.45) is 10.3 Å². The van der Waals surface area contributed by atoms with Crippen LogP contribution in [0, 0.1) is 0 Å². The predicted molar refractivity (Wildman–Crippen MR) is 199 cm³/mol. The molecular formula is C39H37N9O2. The van der Waals surface area contributed by atoms with Gasteiger partial charge >= 0.3 is 0 Å². The van der Waals surface area contributed by atoms with E-state index >= 15 is 0 Å². The summed E-state index contributed by atoms with van der Waals surface area (Å²) in [4.78, 5) is 31.7. The van der Waals surface area contributed by atoms with Crippen molar-refractivity contribution in [3.8, 4) is 22.3 Å². The lowest BCUT2D eigenvalue weighted by Gasteiger charge is -2.18. The van der Waals surface area contributed by atoms with Crippen molar-refractivity contribution in [1.29, 1.82) is 0 Å². The van der Waals surface area contributed by atoms with E-state index in [1.165, 1.54) is 0 Å². The highest BCUT2D eigenvalue weighted by Gasteiger charge is 2.33. The maximum atomic E-state index is 5.29. The summed E-state index contributed by atoms with van der Waals surface area (Å²) in [5.74, 6) is 1.62. The lowest BCUT2D eigenvalue weighted by atomic mass is 10.0. The van der Waals surface area contributed by atoms with Crippen molar-refractivity contribution in [1.82, 2.24) is 24.8 Å². The minimum atomic E-state index is 0.753. The Bertz CT molecular complexity index is 2140. The van der Waals surface area contributed by atoms with Crippen molar-refractivity contribution in [3.05, 3.63) is 108 Å². The van der Waals surface area contributed by atoms with E-state index in [2.05, 4.69) is 67.1 Å². The first-order valence-corrected chi connectivity index (χ1v) is 16.8. The highest BCUT2D eigenvalue weighted by molar-refractivity contribution is 6.31. The minimum Gasteiger partial charge on any atom is -0.399 e. The number of rotatable bonds is 12. The molecule has 0 saturated heterocycles. The Morgan fingerprint density at radius 1 is 0.600 bits per heavy atom. The molecule has 0 bridgehead atoms. The van der Waals surface area contributed by atoms with Gasteiger partial charge in [0.1, 0.15) is 37.3 Å². The fraction of sp³-hybridized carbons (Fsp3) is 0.231. The number of nitrogens with zero attached hydrogens (tertiary/aromatic N) is 7. The average molecular weight is 664 g/mol. The van der Waals surface area contributed by atoms with E-state index in [0.717, 1.165) is 128 Å². The maximum Gasteiger partial charge on any atom is 0.136 e. The van der Waals surface area contributed by atoms with Crippen LogP contribution >= 0.6 is 0 Å². The van der Waals surface area contributed by atoms with Crippen molar-refractivity contribution >= 4 is 44.9 Å². The molecule has 0 amide bonds. The number of aromatic nitrogens is 4. The van der Waals surface area contributed by atoms with Gasteiger partial charge < -0.3 is 25.2 Å². The molecular weight excluding hydrogens is 626 g/mol. The van der Waals surface area contributed by atoms with Crippen LogP contribution in [0.4, 0.5) is 11.6 Å². The van der Waals surface area contributed by atoms with Gasteiger partial charge in [-0.3, -0.25) is 9.97 Å². The van der Waals surface area contributed by atoms with Gasteiger partial charge in [0.25, 0.3) is 0 Å². The Kier molecular flexibility index (Phi) is 8.47. The van der Waals surface area contributed by atoms with Gasteiger partial charge in [-0.2, -0.15) is 0 Å².